The molecule has 0 N–H and O–H groups in total. The Morgan fingerprint density at radius 2 is 2.00 bits per heavy atom. The Kier molecular flexibility index (Phi) is 2.01. The smallest absolute Gasteiger partial charge is 0.277 e. The van der Waals surface area contributed by atoms with Crippen LogP contribution in [-0.4, -0.2) is 9.49 Å². The number of nitro benzene ring substituents is 1. The first-order valence-corrected chi connectivity index (χ1v) is 5.47. The van der Waals surface area contributed by atoms with Crippen LogP contribution in [0.5, 0.6) is 0 Å². The number of nitro groups is 1. The average Bonchev–Trinajstić information content (AvgIpc) is 3.13. The molecule has 2 aromatic rings. The van der Waals surface area contributed by atoms with Crippen LogP contribution in [0, 0.1) is 10.1 Å². The van der Waals surface area contributed by atoms with Gasteiger partial charge in [0, 0.05) is 18.3 Å². The van der Waals surface area contributed by atoms with Crippen molar-refractivity contribution in [1.29, 1.82) is 0 Å². The number of benzene rings is 1. The van der Waals surface area contributed by atoms with Crippen LogP contribution in [0.3, 0.4) is 0 Å². The zero-order valence-corrected chi connectivity index (χ0v) is 9.00. The maximum Gasteiger partial charge on any atom is 0.277 e. The van der Waals surface area contributed by atoms with E-state index in [9.17, 15) is 14.9 Å². The molecule has 1 aliphatic rings. The molecule has 1 saturated carbocycles. The molecule has 0 saturated heterocycles. The number of aromatic nitrogens is 1. The highest BCUT2D eigenvalue weighted by Crippen LogP contribution is 2.34. The van der Waals surface area contributed by atoms with E-state index in [1.165, 1.54) is 6.07 Å². The van der Waals surface area contributed by atoms with Crippen LogP contribution in [0.15, 0.2) is 35.3 Å². The van der Waals surface area contributed by atoms with Crippen molar-refractivity contribution in [2.45, 2.75) is 18.9 Å². The average molecular weight is 230 g/mol. The van der Waals surface area contributed by atoms with Gasteiger partial charge in [-0.1, -0.05) is 6.07 Å². The van der Waals surface area contributed by atoms with E-state index in [2.05, 4.69) is 0 Å². The maximum absolute atomic E-state index is 12.1. The monoisotopic (exact) mass is 230 g/mol. The molecule has 1 aromatic carbocycles. The van der Waals surface area contributed by atoms with Crippen molar-refractivity contribution in [3.05, 3.63) is 50.9 Å². The van der Waals surface area contributed by atoms with Crippen molar-refractivity contribution in [2.75, 3.05) is 0 Å². The molecule has 5 heteroatoms. The van der Waals surface area contributed by atoms with Crippen molar-refractivity contribution < 1.29 is 4.92 Å². The Morgan fingerprint density at radius 1 is 1.24 bits per heavy atom. The molecular weight excluding hydrogens is 220 g/mol. The predicted molar refractivity (Wildman–Crippen MR) is 63.1 cm³/mol. The summed E-state index contributed by atoms with van der Waals surface area (Å²) in [4.78, 5) is 22.5. The normalized spacial score (nSPS) is 15.1. The zero-order valence-electron chi connectivity index (χ0n) is 9.00. The molecule has 1 heterocycles. The molecule has 0 bridgehead atoms. The van der Waals surface area contributed by atoms with Gasteiger partial charge in [0.25, 0.3) is 11.2 Å². The van der Waals surface area contributed by atoms with Gasteiger partial charge in [0.1, 0.15) is 0 Å². The molecule has 1 fully saturated rings. The summed E-state index contributed by atoms with van der Waals surface area (Å²) in [6.45, 7) is 0. The first-order valence-electron chi connectivity index (χ1n) is 5.47. The van der Waals surface area contributed by atoms with Crippen molar-refractivity contribution >= 4 is 16.5 Å². The topological polar surface area (TPSA) is 65.1 Å². The lowest BCUT2D eigenvalue weighted by Crippen LogP contribution is -2.18. The van der Waals surface area contributed by atoms with Gasteiger partial charge in [-0.15, -0.1) is 0 Å². The Morgan fingerprint density at radius 3 is 2.65 bits per heavy atom. The lowest BCUT2D eigenvalue weighted by molar-refractivity contribution is -0.383. The Bertz CT molecular complexity index is 671. The standard InChI is InChI=1S/C12H10N2O3/c15-12-10-2-1-3-11(14(16)17)9(10)6-7-13(12)8-4-5-8/h1-3,6-8H,4-5H2. The summed E-state index contributed by atoms with van der Waals surface area (Å²) in [5.74, 6) is 0. The molecule has 0 unspecified atom stereocenters. The second-order valence-corrected chi connectivity index (χ2v) is 4.25. The van der Waals surface area contributed by atoms with Gasteiger partial charge >= 0.3 is 0 Å². The van der Waals surface area contributed by atoms with Crippen LogP contribution >= 0.6 is 0 Å². The highest BCUT2D eigenvalue weighted by atomic mass is 16.6. The van der Waals surface area contributed by atoms with E-state index in [1.807, 2.05) is 0 Å². The van der Waals surface area contributed by atoms with E-state index in [-0.39, 0.29) is 17.3 Å². The molecule has 0 aliphatic heterocycles. The van der Waals surface area contributed by atoms with Crippen LogP contribution in [0.4, 0.5) is 5.69 Å². The lowest BCUT2D eigenvalue weighted by atomic mass is 10.1. The highest BCUT2D eigenvalue weighted by Gasteiger charge is 2.25. The summed E-state index contributed by atoms with van der Waals surface area (Å²) in [5.41, 5.74) is -0.142. The van der Waals surface area contributed by atoms with E-state index in [0.717, 1.165) is 12.8 Å². The minimum absolute atomic E-state index is 0.0115. The zero-order chi connectivity index (χ0) is 12.0. The number of non-ortho nitro benzene ring substituents is 1. The molecule has 3 rings (SSSR count). The number of rotatable bonds is 2. The van der Waals surface area contributed by atoms with Crippen LogP contribution in [0.25, 0.3) is 10.8 Å². The molecule has 5 nitrogen and oxygen atoms in total. The third-order valence-corrected chi connectivity index (χ3v) is 3.09. The summed E-state index contributed by atoms with van der Waals surface area (Å²) in [6.07, 6.45) is 3.69. The van der Waals surface area contributed by atoms with Gasteiger partial charge in [0.15, 0.2) is 0 Å². The van der Waals surface area contributed by atoms with E-state index >= 15 is 0 Å². The molecule has 1 aromatic heterocycles. The van der Waals surface area contributed by atoms with Gasteiger partial charge in [0.2, 0.25) is 0 Å². The number of hydrogen-bond acceptors (Lipinski definition) is 3. The van der Waals surface area contributed by atoms with Gasteiger partial charge in [-0.3, -0.25) is 14.9 Å². The minimum atomic E-state index is -0.455. The Balaban J connectivity index is 2.34. The van der Waals surface area contributed by atoms with Crippen molar-refractivity contribution in [3.8, 4) is 0 Å². The second kappa shape index (κ2) is 3.41. The maximum atomic E-state index is 12.1. The fraction of sp³-hybridized carbons (Fsp3) is 0.250. The van der Waals surface area contributed by atoms with Crippen molar-refractivity contribution in [2.24, 2.45) is 0 Å². The summed E-state index contributed by atoms with van der Waals surface area (Å²) in [6, 6.07) is 6.56. The van der Waals surface area contributed by atoms with Gasteiger partial charge in [-0.05, 0) is 25.0 Å². The van der Waals surface area contributed by atoms with E-state index in [1.54, 1.807) is 29.0 Å². The Hall–Kier alpha value is -2.17. The molecule has 86 valence electrons. The quantitative estimate of drug-likeness (QED) is 0.587. The van der Waals surface area contributed by atoms with Gasteiger partial charge in [0.05, 0.1) is 15.7 Å². The SMILES string of the molecule is O=c1c2cccc([N+](=O)[O-])c2ccn1C1CC1. The number of pyridine rings is 1. The molecule has 0 atom stereocenters. The molecule has 0 amide bonds. The Labute approximate surface area is 96.4 Å². The van der Waals surface area contributed by atoms with Crippen molar-refractivity contribution in [1.82, 2.24) is 4.57 Å². The summed E-state index contributed by atoms with van der Waals surface area (Å²) in [5, 5.41) is 11.7. The van der Waals surface area contributed by atoms with Crippen LogP contribution < -0.4 is 5.56 Å². The number of hydrogen-bond donors (Lipinski definition) is 0. The second-order valence-electron chi connectivity index (χ2n) is 4.25. The fourth-order valence-corrected chi connectivity index (χ4v) is 2.08. The predicted octanol–water partition coefficient (Wildman–Crippen LogP) is 2.24. The fourth-order valence-electron chi connectivity index (χ4n) is 2.08. The van der Waals surface area contributed by atoms with Crippen LogP contribution in [-0.2, 0) is 0 Å². The third kappa shape index (κ3) is 1.51. The van der Waals surface area contributed by atoms with E-state index < -0.39 is 4.92 Å². The van der Waals surface area contributed by atoms with Gasteiger partial charge < -0.3 is 4.57 Å². The van der Waals surface area contributed by atoms with E-state index in [0.29, 0.717) is 10.8 Å². The molecule has 17 heavy (non-hydrogen) atoms. The third-order valence-electron chi connectivity index (χ3n) is 3.09. The summed E-state index contributed by atoms with van der Waals surface area (Å²) >= 11 is 0. The van der Waals surface area contributed by atoms with E-state index in [4.69, 9.17) is 0 Å². The molecule has 0 spiro atoms. The molecular formula is C12H10N2O3. The van der Waals surface area contributed by atoms with Crippen molar-refractivity contribution in [3.63, 3.8) is 0 Å². The van der Waals surface area contributed by atoms with Gasteiger partial charge in [-0.2, -0.15) is 0 Å². The number of nitrogens with zero attached hydrogens (tertiary/aromatic N) is 2. The first-order chi connectivity index (χ1) is 8.18. The highest BCUT2D eigenvalue weighted by molar-refractivity contribution is 5.89. The first kappa shape index (κ1) is 10.0. The summed E-state index contributed by atoms with van der Waals surface area (Å²) < 4.78 is 1.67. The lowest BCUT2D eigenvalue weighted by Gasteiger charge is -2.05. The summed E-state index contributed by atoms with van der Waals surface area (Å²) in [7, 11) is 0. The largest absolute Gasteiger partial charge is 0.312 e. The van der Waals surface area contributed by atoms with Gasteiger partial charge in [-0.25, -0.2) is 0 Å². The van der Waals surface area contributed by atoms with Crippen LogP contribution in [0.2, 0.25) is 0 Å². The minimum Gasteiger partial charge on any atom is -0.312 e. The van der Waals surface area contributed by atoms with Crippen LogP contribution in [0.1, 0.15) is 18.9 Å². The number of fused-ring (bicyclic) bond motifs is 1. The molecule has 0 radical (unpaired) electrons. The molecule has 1 aliphatic carbocycles.